The lowest BCUT2D eigenvalue weighted by Gasteiger charge is -2.17. The van der Waals surface area contributed by atoms with Crippen molar-refractivity contribution in [3.63, 3.8) is 0 Å². The van der Waals surface area contributed by atoms with Crippen LogP contribution in [0.5, 0.6) is 28.7 Å². The number of aromatic hydroxyl groups is 5. The van der Waals surface area contributed by atoms with Gasteiger partial charge in [0.2, 0.25) is 0 Å². The van der Waals surface area contributed by atoms with Crippen LogP contribution >= 0.6 is 0 Å². The molecular weight excluding hydrogens is 576 g/mol. The molecule has 46 heavy (non-hydrogen) atoms. The summed E-state index contributed by atoms with van der Waals surface area (Å²) in [5, 5.41) is 65.0. The average molecular weight is 619 g/mol. The van der Waals surface area contributed by atoms with Crippen LogP contribution in [-0.2, 0) is 32.3 Å². The van der Waals surface area contributed by atoms with Gasteiger partial charge >= 0.3 is 0 Å². The highest BCUT2D eigenvalue weighted by Gasteiger charge is 2.19. The Balaban J connectivity index is 1.46. The highest BCUT2D eigenvalue weighted by molar-refractivity contribution is 5.56. The van der Waals surface area contributed by atoms with Crippen LogP contribution in [0.1, 0.15) is 77.9 Å². The minimum absolute atomic E-state index is 0.0229. The van der Waals surface area contributed by atoms with Crippen molar-refractivity contribution in [3.05, 3.63) is 145 Å². The molecule has 5 rings (SSSR count). The number of hydrogen-bond donors (Lipinski definition) is 6. The number of aryl methyl sites for hydroxylation is 5. The van der Waals surface area contributed by atoms with Crippen molar-refractivity contribution in [1.29, 1.82) is 0 Å². The molecule has 0 unspecified atom stereocenters. The fourth-order valence-corrected chi connectivity index (χ4v) is 6.48. The molecule has 238 valence electrons. The quantitative estimate of drug-likeness (QED) is 0.101. The van der Waals surface area contributed by atoms with Crippen molar-refractivity contribution in [2.24, 2.45) is 0 Å². The number of benzene rings is 5. The fourth-order valence-electron chi connectivity index (χ4n) is 6.48. The van der Waals surface area contributed by atoms with Gasteiger partial charge in [0.1, 0.15) is 28.7 Å². The molecule has 0 radical (unpaired) electrons. The van der Waals surface area contributed by atoms with Gasteiger partial charge in [0.25, 0.3) is 0 Å². The summed E-state index contributed by atoms with van der Waals surface area (Å²) in [4.78, 5) is 0. The van der Waals surface area contributed by atoms with Crippen LogP contribution in [0.25, 0.3) is 0 Å². The Hall–Kier alpha value is -4.94. The van der Waals surface area contributed by atoms with E-state index in [-0.39, 0.29) is 48.2 Å². The summed E-state index contributed by atoms with van der Waals surface area (Å²) < 4.78 is 0. The first kappa shape index (κ1) is 32.5. The SMILES string of the molecule is Cc1ccc(O)c(Cc2cc(C)cc(Cc3cc(C)cc(Cc4cc(C)cc(Cc5cc(C)cc(CO)c5O)c4O)c3O)c2O)c1. The maximum atomic E-state index is 11.5. The summed E-state index contributed by atoms with van der Waals surface area (Å²) in [7, 11) is 0. The summed E-state index contributed by atoms with van der Waals surface area (Å²) in [6.07, 6.45) is 1.23. The van der Waals surface area contributed by atoms with E-state index in [1.807, 2.05) is 89.2 Å². The lowest BCUT2D eigenvalue weighted by molar-refractivity contribution is 0.275. The Morgan fingerprint density at radius 3 is 0.935 bits per heavy atom. The molecule has 5 aromatic carbocycles. The highest BCUT2D eigenvalue weighted by atomic mass is 16.3. The topological polar surface area (TPSA) is 121 Å². The van der Waals surface area contributed by atoms with Gasteiger partial charge in [-0.1, -0.05) is 88.5 Å². The zero-order chi connectivity index (χ0) is 33.3. The minimum Gasteiger partial charge on any atom is -0.508 e. The van der Waals surface area contributed by atoms with Crippen molar-refractivity contribution in [3.8, 4) is 28.7 Å². The number of aliphatic hydroxyl groups excluding tert-OH is 1. The Morgan fingerprint density at radius 2 is 0.609 bits per heavy atom. The summed E-state index contributed by atoms with van der Waals surface area (Å²) in [5.41, 5.74) is 10.5. The Morgan fingerprint density at radius 1 is 0.348 bits per heavy atom. The molecule has 0 aliphatic heterocycles. The van der Waals surface area contributed by atoms with E-state index in [1.165, 1.54) is 0 Å². The smallest absolute Gasteiger partial charge is 0.124 e. The van der Waals surface area contributed by atoms with Gasteiger partial charge < -0.3 is 30.6 Å². The van der Waals surface area contributed by atoms with E-state index < -0.39 is 0 Å². The maximum Gasteiger partial charge on any atom is 0.124 e. The molecule has 6 heteroatoms. The Kier molecular flexibility index (Phi) is 9.31. The normalized spacial score (nSPS) is 11.3. The third-order valence-corrected chi connectivity index (χ3v) is 8.58. The molecule has 5 aromatic rings. The van der Waals surface area contributed by atoms with Gasteiger partial charge in [-0.05, 0) is 85.2 Å². The van der Waals surface area contributed by atoms with Gasteiger partial charge in [0, 0.05) is 31.2 Å². The predicted octanol–water partition coefficient (Wildman–Crippen LogP) is 7.61. The van der Waals surface area contributed by atoms with Crippen molar-refractivity contribution < 1.29 is 30.6 Å². The molecule has 0 aromatic heterocycles. The van der Waals surface area contributed by atoms with Gasteiger partial charge in [0.15, 0.2) is 0 Å². The Bertz CT molecular complexity index is 1940. The monoisotopic (exact) mass is 618 g/mol. The second-order valence-electron chi connectivity index (χ2n) is 12.7. The molecule has 0 aliphatic rings. The molecule has 0 amide bonds. The zero-order valence-electron chi connectivity index (χ0n) is 27.1. The van der Waals surface area contributed by atoms with Crippen molar-refractivity contribution in [1.82, 2.24) is 0 Å². The Labute approximate surface area is 270 Å². The lowest BCUT2D eigenvalue weighted by atomic mass is 9.90. The summed E-state index contributed by atoms with van der Waals surface area (Å²) >= 11 is 0. The van der Waals surface area contributed by atoms with Crippen LogP contribution in [0.3, 0.4) is 0 Å². The summed E-state index contributed by atoms with van der Waals surface area (Å²) in [6.45, 7) is 9.44. The molecule has 6 N–H and O–H groups in total. The van der Waals surface area contributed by atoms with Crippen LogP contribution < -0.4 is 0 Å². The number of rotatable bonds is 9. The van der Waals surface area contributed by atoms with Crippen LogP contribution in [0.2, 0.25) is 0 Å². The van der Waals surface area contributed by atoms with Gasteiger partial charge in [-0.15, -0.1) is 0 Å². The van der Waals surface area contributed by atoms with Gasteiger partial charge in [-0.3, -0.25) is 0 Å². The molecule has 6 nitrogen and oxygen atoms in total. The molecule has 0 saturated heterocycles. The molecule has 0 saturated carbocycles. The molecule has 0 bridgehead atoms. The van der Waals surface area contributed by atoms with E-state index in [0.29, 0.717) is 57.3 Å². The van der Waals surface area contributed by atoms with Crippen molar-refractivity contribution in [2.75, 3.05) is 0 Å². The maximum absolute atomic E-state index is 11.5. The predicted molar refractivity (Wildman–Crippen MR) is 181 cm³/mol. The fraction of sp³-hybridized carbons (Fsp3) is 0.250. The van der Waals surface area contributed by atoms with Gasteiger partial charge in [-0.25, -0.2) is 0 Å². The molecule has 0 heterocycles. The van der Waals surface area contributed by atoms with Crippen molar-refractivity contribution >= 4 is 0 Å². The third-order valence-electron chi connectivity index (χ3n) is 8.58. The molecular formula is C40H42O6. The molecule has 0 spiro atoms. The lowest BCUT2D eigenvalue weighted by Crippen LogP contribution is -2.01. The molecule has 0 fully saturated rings. The molecule has 0 aliphatic carbocycles. The number of hydrogen-bond acceptors (Lipinski definition) is 6. The first-order valence-electron chi connectivity index (χ1n) is 15.5. The van der Waals surface area contributed by atoms with E-state index in [1.54, 1.807) is 12.1 Å². The highest BCUT2D eigenvalue weighted by Crippen LogP contribution is 2.37. The average Bonchev–Trinajstić information content (AvgIpc) is 2.99. The van der Waals surface area contributed by atoms with E-state index >= 15 is 0 Å². The van der Waals surface area contributed by atoms with Gasteiger partial charge in [0.05, 0.1) is 6.61 Å². The first-order valence-corrected chi connectivity index (χ1v) is 15.5. The second-order valence-corrected chi connectivity index (χ2v) is 12.7. The van der Waals surface area contributed by atoms with E-state index in [9.17, 15) is 30.6 Å². The zero-order valence-corrected chi connectivity index (χ0v) is 27.1. The van der Waals surface area contributed by atoms with E-state index in [2.05, 4.69) is 0 Å². The second kappa shape index (κ2) is 13.2. The number of aliphatic hydroxyl groups is 1. The van der Waals surface area contributed by atoms with Crippen LogP contribution in [0.15, 0.2) is 66.7 Å². The first-order chi connectivity index (χ1) is 21.8. The van der Waals surface area contributed by atoms with Gasteiger partial charge in [-0.2, -0.15) is 0 Å². The number of phenolic OH excluding ortho intramolecular Hbond substituents is 4. The summed E-state index contributed by atoms with van der Waals surface area (Å²) in [6, 6.07) is 20.4. The third kappa shape index (κ3) is 6.98. The summed E-state index contributed by atoms with van der Waals surface area (Å²) in [5.74, 6) is 0.547. The van der Waals surface area contributed by atoms with E-state index in [4.69, 9.17) is 0 Å². The number of phenols is 5. The van der Waals surface area contributed by atoms with E-state index in [0.717, 1.165) is 33.4 Å². The largest absolute Gasteiger partial charge is 0.508 e. The standard InChI is InChI=1S/C40H42O6/c1-22-6-7-36(42)27(8-22)17-28-9-23(2)10-29(37(28)43)18-30-11-24(3)12-31(38(30)44)19-32-13-25(4)14-33(39(32)45)20-34-15-26(5)16-35(21-41)40(34)46/h6-16,41-46H,17-21H2,1-5H3. The van der Waals surface area contributed by atoms with Crippen LogP contribution in [0.4, 0.5) is 0 Å². The van der Waals surface area contributed by atoms with Crippen molar-refractivity contribution in [2.45, 2.75) is 66.9 Å². The minimum atomic E-state index is -0.279. The van der Waals surface area contributed by atoms with Crippen LogP contribution in [0, 0.1) is 34.6 Å². The molecule has 0 atom stereocenters. The van der Waals surface area contributed by atoms with Crippen LogP contribution in [-0.4, -0.2) is 30.6 Å².